The highest BCUT2D eigenvalue weighted by Gasteiger charge is 2.18. The second kappa shape index (κ2) is 9.63. The van der Waals surface area contributed by atoms with Gasteiger partial charge < -0.3 is 29.4 Å². The zero-order chi connectivity index (χ0) is 19.8. The number of carbonyl (C=O) groups is 2. The Hall–Kier alpha value is -3.00. The van der Waals surface area contributed by atoms with Crippen molar-refractivity contribution in [3.63, 3.8) is 0 Å². The van der Waals surface area contributed by atoms with Crippen molar-refractivity contribution in [1.82, 2.24) is 10.2 Å². The fourth-order valence-corrected chi connectivity index (χ4v) is 2.52. The predicted octanol–water partition coefficient (Wildman–Crippen LogP) is 1.77. The quantitative estimate of drug-likeness (QED) is 0.694. The molecule has 2 rings (SSSR count). The molecule has 0 aliphatic rings. The monoisotopic (exact) mass is 375 g/mol. The molecule has 0 aliphatic carbocycles. The van der Waals surface area contributed by atoms with E-state index in [0.29, 0.717) is 35.7 Å². The average Bonchev–Trinajstić information content (AvgIpc) is 3.13. The van der Waals surface area contributed by atoms with Crippen molar-refractivity contribution < 1.29 is 23.5 Å². The Labute approximate surface area is 158 Å². The van der Waals surface area contributed by atoms with Crippen LogP contribution >= 0.6 is 0 Å². The van der Waals surface area contributed by atoms with E-state index in [-0.39, 0.29) is 18.4 Å². The standard InChI is InChI=1S/C19H25N3O5/c1-22(2)12-17(23)21-15-10-13(11-16(25-3)18(15)26-4)19(24)20-8-7-14-6-5-9-27-14/h5-6,9-11H,7-8,12H2,1-4H3,(H,20,24)(H,21,23). The van der Waals surface area contributed by atoms with Crippen LogP contribution in [0.25, 0.3) is 0 Å². The van der Waals surface area contributed by atoms with Crippen molar-refractivity contribution in [3.8, 4) is 11.5 Å². The number of benzene rings is 1. The van der Waals surface area contributed by atoms with Crippen LogP contribution in [-0.2, 0) is 11.2 Å². The minimum Gasteiger partial charge on any atom is -0.493 e. The SMILES string of the molecule is COc1cc(C(=O)NCCc2ccco2)cc(NC(=O)CN(C)C)c1OC. The Bertz CT molecular complexity index is 772. The summed E-state index contributed by atoms with van der Waals surface area (Å²) in [4.78, 5) is 26.4. The molecule has 0 aliphatic heterocycles. The number of ether oxygens (including phenoxy) is 2. The van der Waals surface area contributed by atoms with Gasteiger partial charge in [-0.2, -0.15) is 0 Å². The van der Waals surface area contributed by atoms with Gasteiger partial charge in [0.25, 0.3) is 5.91 Å². The zero-order valence-electron chi connectivity index (χ0n) is 16.0. The second-order valence-corrected chi connectivity index (χ2v) is 6.13. The molecule has 8 nitrogen and oxygen atoms in total. The van der Waals surface area contributed by atoms with Gasteiger partial charge in [0.1, 0.15) is 5.76 Å². The molecule has 2 aromatic rings. The highest BCUT2D eigenvalue weighted by atomic mass is 16.5. The van der Waals surface area contributed by atoms with Gasteiger partial charge in [-0.15, -0.1) is 0 Å². The lowest BCUT2D eigenvalue weighted by molar-refractivity contribution is -0.116. The summed E-state index contributed by atoms with van der Waals surface area (Å²) in [5, 5.41) is 5.58. The van der Waals surface area contributed by atoms with E-state index in [4.69, 9.17) is 13.9 Å². The molecule has 1 aromatic carbocycles. The first kappa shape index (κ1) is 20.3. The molecular weight excluding hydrogens is 350 g/mol. The third-order valence-corrected chi connectivity index (χ3v) is 3.71. The van der Waals surface area contributed by atoms with Crippen LogP contribution in [-0.4, -0.2) is 58.1 Å². The number of amides is 2. The minimum atomic E-state index is -0.286. The molecule has 2 amide bonds. The van der Waals surface area contributed by atoms with E-state index in [0.717, 1.165) is 5.76 Å². The number of anilines is 1. The summed E-state index contributed by atoms with van der Waals surface area (Å²) in [5.41, 5.74) is 0.729. The van der Waals surface area contributed by atoms with Crippen molar-refractivity contribution >= 4 is 17.5 Å². The molecule has 0 saturated carbocycles. The van der Waals surface area contributed by atoms with Gasteiger partial charge in [-0.05, 0) is 38.4 Å². The lowest BCUT2D eigenvalue weighted by Crippen LogP contribution is -2.28. The summed E-state index contributed by atoms with van der Waals surface area (Å²) < 4.78 is 15.9. The molecule has 146 valence electrons. The van der Waals surface area contributed by atoms with Crippen molar-refractivity contribution in [2.75, 3.05) is 46.7 Å². The van der Waals surface area contributed by atoms with Crippen molar-refractivity contribution in [3.05, 3.63) is 41.9 Å². The molecule has 1 heterocycles. The Kier molecular flexibility index (Phi) is 7.25. The van der Waals surface area contributed by atoms with Gasteiger partial charge in [0.05, 0.1) is 32.7 Å². The van der Waals surface area contributed by atoms with Crippen LogP contribution in [0.4, 0.5) is 5.69 Å². The van der Waals surface area contributed by atoms with Crippen LogP contribution in [0.2, 0.25) is 0 Å². The minimum absolute atomic E-state index is 0.199. The van der Waals surface area contributed by atoms with Crippen molar-refractivity contribution in [1.29, 1.82) is 0 Å². The Morgan fingerprint density at radius 3 is 2.56 bits per heavy atom. The van der Waals surface area contributed by atoms with Gasteiger partial charge in [-0.3, -0.25) is 9.59 Å². The number of carbonyl (C=O) groups excluding carboxylic acids is 2. The fraction of sp³-hybridized carbons (Fsp3) is 0.368. The number of hydrogen-bond acceptors (Lipinski definition) is 6. The van der Waals surface area contributed by atoms with E-state index in [1.807, 2.05) is 6.07 Å². The highest BCUT2D eigenvalue weighted by Crippen LogP contribution is 2.36. The van der Waals surface area contributed by atoms with E-state index in [2.05, 4.69) is 10.6 Å². The van der Waals surface area contributed by atoms with Crippen LogP contribution in [0.3, 0.4) is 0 Å². The fourth-order valence-electron chi connectivity index (χ4n) is 2.52. The van der Waals surface area contributed by atoms with Gasteiger partial charge in [-0.25, -0.2) is 0 Å². The number of furan rings is 1. The number of hydrogen-bond donors (Lipinski definition) is 2. The molecule has 1 aromatic heterocycles. The van der Waals surface area contributed by atoms with Gasteiger partial charge in [0.15, 0.2) is 11.5 Å². The molecule has 2 N–H and O–H groups in total. The van der Waals surface area contributed by atoms with Crippen LogP contribution in [0.15, 0.2) is 34.9 Å². The van der Waals surface area contributed by atoms with E-state index < -0.39 is 0 Å². The smallest absolute Gasteiger partial charge is 0.251 e. The predicted molar refractivity (Wildman–Crippen MR) is 101 cm³/mol. The third kappa shape index (κ3) is 5.75. The molecular formula is C19H25N3O5. The van der Waals surface area contributed by atoms with E-state index >= 15 is 0 Å². The van der Waals surface area contributed by atoms with E-state index in [9.17, 15) is 9.59 Å². The molecule has 0 spiro atoms. The van der Waals surface area contributed by atoms with Gasteiger partial charge in [-0.1, -0.05) is 0 Å². The largest absolute Gasteiger partial charge is 0.493 e. The zero-order valence-corrected chi connectivity index (χ0v) is 16.0. The number of rotatable bonds is 9. The van der Waals surface area contributed by atoms with Gasteiger partial charge in [0.2, 0.25) is 5.91 Å². The summed E-state index contributed by atoms with van der Waals surface area (Å²) >= 11 is 0. The Morgan fingerprint density at radius 1 is 1.19 bits per heavy atom. The maximum Gasteiger partial charge on any atom is 0.251 e. The summed E-state index contributed by atoms with van der Waals surface area (Å²) in [6, 6.07) is 6.79. The van der Waals surface area contributed by atoms with Gasteiger partial charge >= 0.3 is 0 Å². The third-order valence-electron chi connectivity index (χ3n) is 3.71. The normalized spacial score (nSPS) is 10.6. The average molecular weight is 375 g/mol. The van der Waals surface area contributed by atoms with Crippen LogP contribution < -0.4 is 20.1 Å². The lowest BCUT2D eigenvalue weighted by Gasteiger charge is -2.17. The number of methoxy groups -OCH3 is 2. The number of nitrogens with zero attached hydrogens (tertiary/aromatic N) is 1. The van der Waals surface area contributed by atoms with Crippen molar-refractivity contribution in [2.24, 2.45) is 0 Å². The second-order valence-electron chi connectivity index (χ2n) is 6.13. The van der Waals surface area contributed by atoms with Gasteiger partial charge in [0, 0.05) is 18.5 Å². The summed E-state index contributed by atoms with van der Waals surface area (Å²) in [7, 11) is 6.53. The lowest BCUT2D eigenvalue weighted by atomic mass is 10.1. The maximum atomic E-state index is 12.5. The van der Waals surface area contributed by atoms with Crippen LogP contribution in [0, 0.1) is 0 Å². The van der Waals surface area contributed by atoms with E-state index in [1.54, 1.807) is 43.5 Å². The summed E-state index contributed by atoms with van der Waals surface area (Å²) in [6.07, 6.45) is 2.17. The Balaban J connectivity index is 2.15. The van der Waals surface area contributed by atoms with Crippen LogP contribution in [0.1, 0.15) is 16.1 Å². The maximum absolute atomic E-state index is 12.5. The first-order valence-corrected chi connectivity index (χ1v) is 8.45. The molecule has 0 bridgehead atoms. The molecule has 0 atom stereocenters. The molecule has 8 heteroatoms. The summed E-state index contributed by atoms with van der Waals surface area (Å²) in [6.45, 7) is 0.619. The molecule has 0 fully saturated rings. The first-order valence-electron chi connectivity index (χ1n) is 8.45. The molecule has 0 radical (unpaired) electrons. The highest BCUT2D eigenvalue weighted by molar-refractivity contribution is 5.99. The topological polar surface area (TPSA) is 93.0 Å². The Morgan fingerprint density at radius 2 is 1.96 bits per heavy atom. The first-order chi connectivity index (χ1) is 12.9. The number of likely N-dealkylation sites (N-methyl/N-ethyl adjacent to an activating group) is 1. The molecule has 0 saturated heterocycles. The molecule has 27 heavy (non-hydrogen) atoms. The van der Waals surface area contributed by atoms with Crippen molar-refractivity contribution in [2.45, 2.75) is 6.42 Å². The molecule has 0 unspecified atom stereocenters. The number of nitrogens with one attached hydrogen (secondary N) is 2. The van der Waals surface area contributed by atoms with E-state index in [1.165, 1.54) is 14.2 Å². The summed E-state index contributed by atoms with van der Waals surface area (Å²) in [5.74, 6) is 0.994. The van der Waals surface area contributed by atoms with Crippen LogP contribution in [0.5, 0.6) is 11.5 Å².